The normalized spacial score (nSPS) is 21.7. The van der Waals surface area contributed by atoms with Crippen LogP contribution < -0.4 is 19.9 Å². The molecule has 1 saturated carbocycles. The number of fused-ring (bicyclic) bond motifs is 1. The minimum Gasteiger partial charge on any atom is -0.497 e. The average Bonchev–Trinajstić information content (AvgIpc) is 3.12. The predicted molar refractivity (Wildman–Crippen MR) is 128 cm³/mol. The van der Waals surface area contributed by atoms with Crippen LogP contribution in [-0.4, -0.2) is 32.7 Å². The van der Waals surface area contributed by atoms with Gasteiger partial charge in [0.15, 0.2) is 0 Å². The highest BCUT2D eigenvalue weighted by molar-refractivity contribution is 7.87. The number of rotatable bonds is 8. The van der Waals surface area contributed by atoms with Crippen molar-refractivity contribution in [3.63, 3.8) is 0 Å². The van der Waals surface area contributed by atoms with E-state index in [9.17, 15) is 8.42 Å². The van der Waals surface area contributed by atoms with Crippen molar-refractivity contribution in [1.82, 2.24) is 14.6 Å². The van der Waals surface area contributed by atoms with Crippen molar-refractivity contribution in [3.8, 4) is 5.75 Å². The number of aryl methyl sites for hydroxylation is 1. The Morgan fingerprint density at radius 2 is 1.91 bits per heavy atom. The van der Waals surface area contributed by atoms with Crippen LogP contribution in [0.25, 0.3) is 10.9 Å². The molecular weight excluding hydrogens is 424 g/mol. The summed E-state index contributed by atoms with van der Waals surface area (Å²) in [6.07, 6.45) is 5.81. The van der Waals surface area contributed by atoms with Crippen molar-refractivity contribution >= 4 is 21.1 Å². The molecular formula is C24H32N4O3S. The molecule has 0 unspecified atom stereocenters. The van der Waals surface area contributed by atoms with Gasteiger partial charge in [-0.1, -0.05) is 30.3 Å². The Labute approximate surface area is 190 Å². The van der Waals surface area contributed by atoms with E-state index in [2.05, 4.69) is 58.2 Å². The Morgan fingerprint density at radius 1 is 1.16 bits per heavy atom. The van der Waals surface area contributed by atoms with E-state index in [1.54, 1.807) is 7.11 Å². The van der Waals surface area contributed by atoms with Crippen LogP contribution in [0.15, 0.2) is 54.7 Å². The zero-order valence-corrected chi connectivity index (χ0v) is 19.5. The smallest absolute Gasteiger partial charge is 0.274 e. The van der Waals surface area contributed by atoms with Gasteiger partial charge in [-0.3, -0.25) is 0 Å². The van der Waals surface area contributed by atoms with Crippen LogP contribution in [0.1, 0.15) is 36.8 Å². The molecule has 1 heterocycles. The van der Waals surface area contributed by atoms with Crippen LogP contribution in [0.5, 0.6) is 5.75 Å². The van der Waals surface area contributed by atoms with E-state index in [1.165, 1.54) is 16.5 Å². The van der Waals surface area contributed by atoms with Gasteiger partial charge in [-0.15, -0.1) is 0 Å². The fraction of sp³-hybridized carbons (Fsp3) is 0.417. The van der Waals surface area contributed by atoms with Gasteiger partial charge in [0.1, 0.15) is 5.75 Å². The lowest BCUT2D eigenvalue weighted by Gasteiger charge is -2.41. The highest BCUT2D eigenvalue weighted by Gasteiger charge is 2.37. The van der Waals surface area contributed by atoms with Crippen molar-refractivity contribution in [2.45, 2.75) is 43.7 Å². The van der Waals surface area contributed by atoms with E-state index in [0.29, 0.717) is 6.04 Å². The number of nitrogens with two attached hydrogens (primary N) is 1. The molecule has 0 saturated heterocycles. The van der Waals surface area contributed by atoms with Crippen molar-refractivity contribution in [2.24, 2.45) is 12.2 Å². The molecule has 4 rings (SSSR count). The minimum absolute atomic E-state index is 0.287. The molecule has 0 atom stereocenters. The molecule has 2 aromatic carbocycles. The topological polar surface area (TPSA) is 98.4 Å². The van der Waals surface area contributed by atoms with Crippen LogP contribution in [0.2, 0.25) is 0 Å². The molecule has 0 amide bonds. The van der Waals surface area contributed by atoms with Gasteiger partial charge in [0, 0.05) is 48.7 Å². The molecule has 32 heavy (non-hydrogen) atoms. The molecule has 0 radical (unpaired) electrons. The largest absolute Gasteiger partial charge is 0.497 e. The molecule has 4 N–H and O–H groups in total. The van der Waals surface area contributed by atoms with Crippen molar-refractivity contribution in [1.29, 1.82) is 0 Å². The standard InChI is InChI=1S/C24H32N4O3S/c1-28-16-18(22-8-3-4-9-23(22)28)15-26-20-10-12-24(13-11-20,17-27-32(25,29)30)19-6-5-7-21(14-19)31-2/h3-9,14,16,20,26-27H,10-13,15,17H2,1-2H3,(H2,25,29,30)/t20-,24-. The third-order valence-corrected chi connectivity index (χ3v) is 7.34. The molecule has 0 spiro atoms. The van der Waals surface area contributed by atoms with E-state index in [-0.39, 0.29) is 12.0 Å². The monoisotopic (exact) mass is 456 g/mol. The van der Waals surface area contributed by atoms with Gasteiger partial charge in [-0.05, 0) is 55.0 Å². The Kier molecular flexibility index (Phi) is 6.57. The van der Waals surface area contributed by atoms with Gasteiger partial charge in [0.2, 0.25) is 0 Å². The highest BCUT2D eigenvalue weighted by Crippen LogP contribution is 2.40. The Morgan fingerprint density at radius 3 is 2.62 bits per heavy atom. The first-order chi connectivity index (χ1) is 15.3. The fourth-order valence-electron chi connectivity index (χ4n) is 4.95. The maximum atomic E-state index is 11.6. The van der Waals surface area contributed by atoms with Crippen molar-refractivity contribution in [2.75, 3.05) is 13.7 Å². The highest BCUT2D eigenvalue weighted by atomic mass is 32.2. The van der Waals surface area contributed by atoms with Gasteiger partial charge < -0.3 is 14.6 Å². The first-order valence-corrected chi connectivity index (χ1v) is 12.5. The summed E-state index contributed by atoms with van der Waals surface area (Å²) in [6.45, 7) is 1.10. The maximum absolute atomic E-state index is 11.6. The average molecular weight is 457 g/mol. The molecule has 8 heteroatoms. The summed E-state index contributed by atoms with van der Waals surface area (Å²) in [7, 11) is -0.0446. The van der Waals surface area contributed by atoms with Gasteiger partial charge >= 0.3 is 0 Å². The number of hydrogen-bond acceptors (Lipinski definition) is 4. The molecule has 1 aromatic heterocycles. The summed E-state index contributed by atoms with van der Waals surface area (Å²) in [5, 5.41) is 10.3. The molecule has 0 bridgehead atoms. The molecule has 1 fully saturated rings. The molecule has 1 aliphatic rings. The molecule has 1 aliphatic carbocycles. The summed E-state index contributed by atoms with van der Waals surface area (Å²) in [4.78, 5) is 0. The SMILES string of the molecule is COc1cccc([C@]2(CNS(N)(=O)=O)CC[C@@H](NCc3cn(C)c4ccccc34)CC2)c1. The summed E-state index contributed by atoms with van der Waals surface area (Å²) in [5.74, 6) is 0.772. The van der Waals surface area contributed by atoms with Gasteiger partial charge in [-0.2, -0.15) is 8.42 Å². The predicted octanol–water partition coefficient (Wildman–Crippen LogP) is 2.95. The summed E-state index contributed by atoms with van der Waals surface area (Å²) < 4.78 is 33.4. The summed E-state index contributed by atoms with van der Waals surface area (Å²) in [6, 6.07) is 16.7. The van der Waals surface area contributed by atoms with E-state index in [0.717, 1.165) is 43.5 Å². The summed E-state index contributed by atoms with van der Waals surface area (Å²) in [5.41, 5.74) is 3.31. The number of nitrogens with one attached hydrogen (secondary N) is 2. The number of ether oxygens (including phenoxy) is 1. The second-order valence-corrected chi connectivity index (χ2v) is 10.2. The number of para-hydroxylation sites is 1. The number of methoxy groups -OCH3 is 1. The zero-order valence-electron chi connectivity index (χ0n) is 18.7. The second-order valence-electron chi connectivity index (χ2n) is 8.82. The van der Waals surface area contributed by atoms with E-state index < -0.39 is 10.2 Å². The van der Waals surface area contributed by atoms with Crippen LogP contribution >= 0.6 is 0 Å². The van der Waals surface area contributed by atoms with Gasteiger partial charge in [0.25, 0.3) is 10.2 Å². The molecule has 7 nitrogen and oxygen atoms in total. The minimum atomic E-state index is -3.76. The lowest BCUT2D eigenvalue weighted by molar-refractivity contribution is 0.245. The quantitative estimate of drug-likeness (QED) is 0.485. The van der Waals surface area contributed by atoms with Crippen LogP contribution in [0.3, 0.4) is 0 Å². The number of benzene rings is 2. The number of hydrogen-bond donors (Lipinski definition) is 3. The van der Waals surface area contributed by atoms with Crippen LogP contribution in [0.4, 0.5) is 0 Å². The molecule has 172 valence electrons. The van der Waals surface area contributed by atoms with E-state index >= 15 is 0 Å². The zero-order chi connectivity index (χ0) is 22.8. The molecule has 0 aliphatic heterocycles. The van der Waals surface area contributed by atoms with E-state index in [4.69, 9.17) is 9.88 Å². The first kappa shape index (κ1) is 22.8. The molecule has 3 aromatic rings. The summed E-state index contributed by atoms with van der Waals surface area (Å²) >= 11 is 0. The van der Waals surface area contributed by atoms with Gasteiger partial charge in [0.05, 0.1) is 7.11 Å². The lowest BCUT2D eigenvalue weighted by Crippen LogP contribution is -2.47. The van der Waals surface area contributed by atoms with Gasteiger partial charge in [-0.25, -0.2) is 9.86 Å². The Bertz CT molecular complexity index is 1180. The van der Waals surface area contributed by atoms with Crippen LogP contribution in [0, 0.1) is 0 Å². The third kappa shape index (κ3) is 4.99. The second kappa shape index (κ2) is 9.23. The number of aromatic nitrogens is 1. The van der Waals surface area contributed by atoms with Crippen molar-refractivity contribution in [3.05, 3.63) is 65.9 Å². The van der Waals surface area contributed by atoms with Crippen LogP contribution in [-0.2, 0) is 29.2 Å². The Balaban J connectivity index is 1.47. The fourth-order valence-corrected chi connectivity index (χ4v) is 5.43. The Hall–Kier alpha value is -2.39. The number of nitrogens with zero attached hydrogens (tertiary/aromatic N) is 1. The maximum Gasteiger partial charge on any atom is 0.274 e. The third-order valence-electron chi connectivity index (χ3n) is 6.80. The van der Waals surface area contributed by atoms with Crippen molar-refractivity contribution < 1.29 is 13.2 Å². The van der Waals surface area contributed by atoms with E-state index in [1.807, 2.05) is 18.2 Å². The first-order valence-electron chi connectivity index (χ1n) is 11.0. The lowest BCUT2D eigenvalue weighted by atomic mass is 9.68.